The number of pyridine rings is 1. The van der Waals surface area contributed by atoms with Crippen molar-refractivity contribution in [3.05, 3.63) is 64.3 Å². The van der Waals surface area contributed by atoms with E-state index in [1.807, 2.05) is 30.3 Å². The summed E-state index contributed by atoms with van der Waals surface area (Å²) in [4.78, 5) is 25.6. The molecule has 1 amide bonds. The molecule has 2 aromatic rings. The second kappa shape index (κ2) is 7.72. The molecular formula is C15H16N4O3. The number of amides is 1. The highest BCUT2D eigenvalue weighted by Crippen LogP contribution is 2.11. The van der Waals surface area contributed by atoms with Crippen molar-refractivity contribution in [1.82, 2.24) is 10.3 Å². The summed E-state index contributed by atoms with van der Waals surface area (Å²) in [7, 11) is 0. The Morgan fingerprint density at radius 1 is 1.18 bits per heavy atom. The van der Waals surface area contributed by atoms with Crippen molar-refractivity contribution in [2.75, 3.05) is 11.9 Å². The maximum Gasteiger partial charge on any atom is 0.287 e. The van der Waals surface area contributed by atoms with E-state index >= 15 is 0 Å². The van der Waals surface area contributed by atoms with Gasteiger partial charge in [-0.25, -0.2) is 4.98 Å². The minimum absolute atomic E-state index is 0.0637. The fraction of sp³-hybridized carbons (Fsp3) is 0.200. The monoisotopic (exact) mass is 300 g/mol. The highest BCUT2D eigenvalue weighted by molar-refractivity contribution is 5.76. The molecule has 0 aliphatic heterocycles. The molecule has 22 heavy (non-hydrogen) atoms. The molecule has 2 N–H and O–H groups in total. The van der Waals surface area contributed by atoms with Gasteiger partial charge in [0.2, 0.25) is 5.91 Å². The van der Waals surface area contributed by atoms with Crippen LogP contribution in [-0.4, -0.2) is 22.4 Å². The van der Waals surface area contributed by atoms with Crippen molar-refractivity contribution < 1.29 is 9.72 Å². The maximum atomic E-state index is 11.7. The van der Waals surface area contributed by atoms with E-state index in [9.17, 15) is 14.9 Å². The van der Waals surface area contributed by atoms with E-state index in [-0.39, 0.29) is 11.6 Å². The minimum atomic E-state index is -0.506. The first-order valence-electron chi connectivity index (χ1n) is 6.80. The third kappa shape index (κ3) is 4.86. The summed E-state index contributed by atoms with van der Waals surface area (Å²) < 4.78 is 0. The van der Waals surface area contributed by atoms with Crippen LogP contribution in [0.25, 0.3) is 0 Å². The summed E-state index contributed by atoms with van der Waals surface area (Å²) >= 11 is 0. The van der Waals surface area contributed by atoms with Crippen LogP contribution in [0.2, 0.25) is 0 Å². The topological polar surface area (TPSA) is 97.2 Å². The Bertz CT molecular complexity index is 629. The highest BCUT2D eigenvalue weighted by Gasteiger charge is 2.05. The number of nitro groups is 1. The first kappa shape index (κ1) is 15.4. The Hall–Kier alpha value is -2.96. The van der Waals surface area contributed by atoms with Crippen LogP contribution in [0.1, 0.15) is 12.0 Å². The van der Waals surface area contributed by atoms with E-state index in [1.165, 1.54) is 18.3 Å². The van der Waals surface area contributed by atoms with Crippen LogP contribution in [0.5, 0.6) is 0 Å². The second-order valence-corrected chi connectivity index (χ2v) is 4.60. The molecule has 1 aromatic heterocycles. The molecule has 0 aliphatic rings. The second-order valence-electron chi connectivity index (χ2n) is 4.60. The fourth-order valence-electron chi connectivity index (χ4n) is 1.79. The summed E-state index contributed by atoms with van der Waals surface area (Å²) in [5.74, 6) is 0.430. The van der Waals surface area contributed by atoms with Gasteiger partial charge in [-0.1, -0.05) is 30.3 Å². The van der Waals surface area contributed by atoms with Gasteiger partial charge in [0.1, 0.15) is 12.0 Å². The van der Waals surface area contributed by atoms with Crippen LogP contribution in [0.4, 0.5) is 11.5 Å². The summed E-state index contributed by atoms with van der Waals surface area (Å²) in [5.41, 5.74) is 0.979. The van der Waals surface area contributed by atoms with E-state index in [0.29, 0.717) is 25.3 Å². The Balaban J connectivity index is 1.69. The van der Waals surface area contributed by atoms with Crippen LogP contribution in [0, 0.1) is 10.1 Å². The number of anilines is 1. The van der Waals surface area contributed by atoms with Crippen LogP contribution < -0.4 is 10.6 Å². The summed E-state index contributed by atoms with van der Waals surface area (Å²) in [5, 5.41) is 16.3. The first-order valence-corrected chi connectivity index (χ1v) is 6.80. The zero-order valence-corrected chi connectivity index (χ0v) is 11.9. The van der Waals surface area contributed by atoms with Gasteiger partial charge in [0.25, 0.3) is 5.69 Å². The standard InChI is InChI=1S/C15H16N4O3/c20-15(18-10-12-4-2-1-3-5-12)8-9-16-14-7-6-13(11-17-14)19(21)22/h1-7,11H,8-10H2,(H,16,17)(H,18,20). The fourth-order valence-corrected chi connectivity index (χ4v) is 1.79. The number of nitrogens with one attached hydrogen (secondary N) is 2. The number of carbonyl (C=O) groups excluding carboxylic acids is 1. The summed E-state index contributed by atoms with van der Waals surface area (Å²) in [6.07, 6.45) is 1.48. The molecule has 7 heteroatoms. The average molecular weight is 300 g/mol. The smallest absolute Gasteiger partial charge is 0.287 e. The van der Waals surface area contributed by atoms with Gasteiger partial charge in [-0.3, -0.25) is 14.9 Å². The average Bonchev–Trinajstić information content (AvgIpc) is 2.54. The van der Waals surface area contributed by atoms with Crippen molar-refractivity contribution in [3.63, 3.8) is 0 Å². The van der Waals surface area contributed by atoms with Gasteiger partial charge >= 0.3 is 0 Å². The Kier molecular flexibility index (Phi) is 5.42. The molecule has 2 rings (SSSR count). The van der Waals surface area contributed by atoms with Gasteiger partial charge in [-0.15, -0.1) is 0 Å². The molecule has 1 aromatic carbocycles. The number of aromatic nitrogens is 1. The molecule has 0 atom stereocenters. The molecule has 0 spiro atoms. The summed E-state index contributed by atoms with van der Waals surface area (Å²) in [6.45, 7) is 0.904. The number of benzene rings is 1. The number of hydrogen-bond donors (Lipinski definition) is 2. The highest BCUT2D eigenvalue weighted by atomic mass is 16.6. The van der Waals surface area contributed by atoms with Crippen molar-refractivity contribution in [1.29, 1.82) is 0 Å². The lowest BCUT2D eigenvalue weighted by molar-refractivity contribution is -0.385. The third-order valence-corrected chi connectivity index (χ3v) is 2.95. The third-order valence-electron chi connectivity index (χ3n) is 2.95. The zero-order valence-electron chi connectivity index (χ0n) is 11.9. The van der Waals surface area contributed by atoms with E-state index in [1.54, 1.807) is 0 Å². The van der Waals surface area contributed by atoms with Gasteiger partial charge in [-0.05, 0) is 11.6 Å². The normalized spacial score (nSPS) is 10.0. The van der Waals surface area contributed by atoms with E-state index < -0.39 is 4.92 Å². The van der Waals surface area contributed by atoms with Gasteiger partial charge in [0.15, 0.2) is 0 Å². The number of rotatable bonds is 7. The molecule has 0 bridgehead atoms. The molecule has 0 saturated carbocycles. The largest absolute Gasteiger partial charge is 0.370 e. The van der Waals surface area contributed by atoms with E-state index in [0.717, 1.165) is 5.56 Å². The Morgan fingerprint density at radius 3 is 2.59 bits per heavy atom. The lowest BCUT2D eigenvalue weighted by Crippen LogP contribution is -2.24. The number of carbonyl (C=O) groups is 1. The summed E-state index contributed by atoms with van der Waals surface area (Å²) in [6, 6.07) is 12.5. The number of hydrogen-bond acceptors (Lipinski definition) is 5. The Labute approximate surface area is 127 Å². The first-order chi connectivity index (χ1) is 10.6. The minimum Gasteiger partial charge on any atom is -0.370 e. The molecule has 0 radical (unpaired) electrons. The van der Waals surface area contributed by atoms with Crippen molar-refractivity contribution in [2.45, 2.75) is 13.0 Å². The lowest BCUT2D eigenvalue weighted by atomic mass is 10.2. The molecule has 7 nitrogen and oxygen atoms in total. The lowest BCUT2D eigenvalue weighted by Gasteiger charge is -2.07. The van der Waals surface area contributed by atoms with Crippen molar-refractivity contribution in [2.24, 2.45) is 0 Å². The Morgan fingerprint density at radius 2 is 1.95 bits per heavy atom. The van der Waals surface area contributed by atoms with Crippen molar-refractivity contribution in [3.8, 4) is 0 Å². The zero-order chi connectivity index (χ0) is 15.8. The predicted octanol–water partition coefficient (Wildman–Crippen LogP) is 2.11. The van der Waals surface area contributed by atoms with Gasteiger partial charge in [0, 0.05) is 25.6 Å². The molecule has 0 unspecified atom stereocenters. The van der Waals surface area contributed by atoms with E-state index in [4.69, 9.17) is 0 Å². The molecule has 0 saturated heterocycles. The number of nitrogens with zero attached hydrogens (tertiary/aromatic N) is 2. The SMILES string of the molecule is O=C(CCNc1ccc([N+](=O)[O-])cn1)NCc1ccccc1. The van der Waals surface area contributed by atoms with Crippen molar-refractivity contribution >= 4 is 17.4 Å². The van der Waals surface area contributed by atoms with Crippen LogP contribution in [0.3, 0.4) is 0 Å². The maximum absolute atomic E-state index is 11.7. The van der Waals surface area contributed by atoms with Crippen LogP contribution in [-0.2, 0) is 11.3 Å². The van der Waals surface area contributed by atoms with Gasteiger partial charge < -0.3 is 10.6 Å². The predicted molar refractivity (Wildman–Crippen MR) is 82.3 cm³/mol. The molecular weight excluding hydrogens is 284 g/mol. The molecule has 114 valence electrons. The van der Waals surface area contributed by atoms with Gasteiger partial charge in [0.05, 0.1) is 4.92 Å². The van der Waals surface area contributed by atoms with Crippen LogP contribution >= 0.6 is 0 Å². The molecule has 1 heterocycles. The van der Waals surface area contributed by atoms with Gasteiger partial charge in [-0.2, -0.15) is 0 Å². The molecule has 0 fully saturated rings. The van der Waals surface area contributed by atoms with E-state index in [2.05, 4.69) is 15.6 Å². The quantitative estimate of drug-likeness (QED) is 0.603. The molecule has 0 aliphatic carbocycles. The van der Waals surface area contributed by atoms with Crippen LogP contribution in [0.15, 0.2) is 48.7 Å².